The van der Waals surface area contributed by atoms with Crippen molar-refractivity contribution >= 4 is 19.8 Å². The van der Waals surface area contributed by atoms with Crippen molar-refractivity contribution in [3.8, 4) is 0 Å². The fraction of sp³-hybridized carbons (Fsp3) is 0.812. The third kappa shape index (κ3) is 28.6. The van der Waals surface area contributed by atoms with Gasteiger partial charge in [-0.1, -0.05) is 103 Å². The van der Waals surface area contributed by atoms with Crippen molar-refractivity contribution in [3.63, 3.8) is 0 Å². The lowest BCUT2D eigenvalue weighted by molar-refractivity contribution is -0.870. The zero-order valence-corrected chi connectivity index (χ0v) is 28.1. The monoisotopic (exact) mass is 618 g/mol. The number of hydrogen-bond donors (Lipinski definition) is 1. The van der Waals surface area contributed by atoms with Crippen molar-refractivity contribution in [1.82, 2.24) is 0 Å². The standard InChI is InChI=1S/C32H60NO8P/c1-6-8-10-12-14-16-18-20-22-24-31(34)38-28-30(29-40-42(36,37)39-27-26-33(3,4)5)41-32(35)25-23-21-19-17-15-13-11-9-7-2/h22-25,30H,6-21,26-29H2,1-5H3/p+1. The van der Waals surface area contributed by atoms with E-state index in [4.69, 9.17) is 18.5 Å². The topological polar surface area (TPSA) is 108 Å². The average molecular weight is 619 g/mol. The van der Waals surface area contributed by atoms with Crippen LogP contribution < -0.4 is 0 Å². The minimum absolute atomic E-state index is 0.0155. The highest BCUT2D eigenvalue weighted by molar-refractivity contribution is 7.47. The summed E-state index contributed by atoms with van der Waals surface area (Å²) in [4.78, 5) is 34.6. The third-order valence-corrected chi connectivity index (χ3v) is 7.58. The molecule has 0 aromatic heterocycles. The average Bonchev–Trinajstić information content (AvgIpc) is 2.92. The van der Waals surface area contributed by atoms with Gasteiger partial charge in [0, 0.05) is 12.2 Å². The van der Waals surface area contributed by atoms with E-state index in [1.54, 1.807) is 12.2 Å². The summed E-state index contributed by atoms with van der Waals surface area (Å²) in [5.74, 6) is -1.20. The van der Waals surface area contributed by atoms with Crippen LogP contribution in [0.2, 0.25) is 0 Å². The van der Waals surface area contributed by atoms with Crippen LogP contribution in [-0.4, -0.2) is 74.9 Å². The molecule has 0 spiro atoms. The van der Waals surface area contributed by atoms with Crippen molar-refractivity contribution in [2.24, 2.45) is 0 Å². The maximum Gasteiger partial charge on any atom is 0.472 e. The summed E-state index contributed by atoms with van der Waals surface area (Å²) in [5, 5.41) is 0. The smallest absolute Gasteiger partial charge is 0.458 e. The van der Waals surface area contributed by atoms with Gasteiger partial charge in [-0.3, -0.25) is 9.05 Å². The number of phosphoric acid groups is 1. The molecule has 9 nitrogen and oxygen atoms in total. The quantitative estimate of drug-likeness (QED) is 0.0313. The van der Waals surface area contributed by atoms with Gasteiger partial charge in [0.25, 0.3) is 0 Å². The summed E-state index contributed by atoms with van der Waals surface area (Å²) < 4.78 is 33.6. The van der Waals surface area contributed by atoms with E-state index in [0.29, 0.717) is 11.0 Å². The van der Waals surface area contributed by atoms with E-state index in [2.05, 4.69) is 13.8 Å². The Kier molecular flexibility index (Phi) is 25.0. The van der Waals surface area contributed by atoms with E-state index >= 15 is 0 Å². The number of unbranched alkanes of at least 4 members (excludes halogenated alkanes) is 14. The SMILES string of the molecule is CCCCCCCCCC=CC(=O)OCC(COP(=O)(O)OCC[N+](C)(C)C)OC(=O)C=CCCCCCCCCC. The molecule has 0 saturated heterocycles. The number of rotatable bonds is 28. The Morgan fingerprint density at radius 1 is 0.714 bits per heavy atom. The first-order chi connectivity index (χ1) is 20.0. The van der Waals surface area contributed by atoms with Gasteiger partial charge in [-0.05, 0) is 25.7 Å². The Hall–Kier alpha value is -1.51. The predicted octanol–water partition coefficient (Wildman–Crippen LogP) is 7.68. The van der Waals surface area contributed by atoms with Gasteiger partial charge < -0.3 is 18.9 Å². The molecular formula is C32H61NO8P+. The highest BCUT2D eigenvalue weighted by atomic mass is 31.2. The molecule has 1 N–H and O–H groups in total. The van der Waals surface area contributed by atoms with E-state index in [9.17, 15) is 19.0 Å². The Morgan fingerprint density at radius 3 is 1.69 bits per heavy atom. The molecule has 0 amide bonds. The minimum atomic E-state index is -4.38. The molecule has 0 bridgehead atoms. The molecule has 2 unspecified atom stereocenters. The minimum Gasteiger partial charge on any atom is -0.458 e. The first-order valence-corrected chi connectivity index (χ1v) is 17.6. The molecule has 0 aliphatic rings. The third-order valence-electron chi connectivity index (χ3n) is 6.59. The zero-order valence-electron chi connectivity index (χ0n) is 27.2. The number of allylic oxidation sites excluding steroid dienone is 2. The van der Waals surface area contributed by atoms with Gasteiger partial charge in [-0.15, -0.1) is 0 Å². The predicted molar refractivity (Wildman–Crippen MR) is 169 cm³/mol. The molecule has 0 aromatic rings. The molecule has 0 aliphatic carbocycles. The molecule has 0 rings (SSSR count). The number of ether oxygens (including phenoxy) is 2. The van der Waals surface area contributed by atoms with Crippen LogP contribution in [0.3, 0.4) is 0 Å². The Labute approximate surface area is 256 Å². The van der Waals surface area contributed by atoms with Crippen LogP contribution >= 0.6 is 7.82 Å². The molecule has 0 fully saturated rings. The zero-order chi connectivity index (χ0) is 31.5. The summed E-state index contributed by atoms with van der Waals surface area (Å²) in [5.41, 5.74) is 0. The second-order valence-corrected chi connectivity index (χ2v) is 13.4. The molecule has 0 aliphatic heterocycles. The van der Waals surface area contributed by atoms with Crippen LogP contribution in [0.25, 0.3) is 0 Å². The fourth-order valence-corrected chi connectivity index (χ4v) is 4.73. The van der Waals surface area contributed by atoms with E-state index in [1.807, 2.05) is 21.1 Å². The highest BCUT2D eigenvalue weighted by Gasteiger charge is 2.26. The number of hydrogen-bond acceptors (Lipinski definition) is 7. The normalized spacial score (nSPS) is 14.3. The summed E-state index contributed by atoms with van der Waals surface area (Å²) in [6.07, 6.45) is 23.4. The lowest BCUT2D eigenvalue weighted by Gasteiger charge is -2.24. The number of quaternary nitrogens is 1. The Morgan fingerprint density at radius 2 is 1.19 bits per heavy atom. The first kappa shape index (κ1) is 40.5. The van der Waals surface area contributed by atoms with Crippen LogP contribution in [0.4, 0.5) is 0 Å². The van der Waals surface area contributed by atoms with Gasteiger partial charge in [0.2, 0.25) is 0 Å². The molecule has 10 heteroatoms. The molecule has 0 saturated carbocycles. The molecule has 42 heavy (non-hydrogen) atoms. The van der Waals surface area contributed by atoms with E-state index < -0.39 is 32.5 Å². The van der Waals surface area contributed by atoms with Gasteiger partial charge in [-0.25, -0.2) is 14.2 Å². The number of phosphoric ester groups is 1. The van der Waals surface area contributed by atoms with Gasteiger partial charge in [-0.2, -0.15) is 0 Å². The summed E-state index contributed by atoms with van der Waals surface area (Å²) in [6, 6.07) is 0. The van der Waals surface area contributed by atoms with E-state index in [0.717, 1.165) is 38.5 Å². The van der Waals surface area contributed by atoms with Crippen molar-refractivity contribution in [3.05, 3.63) is 24.3 Å². The molecule has 2 atom stereocenters. The van der Waals surface area contributed by atoms with Crippen molar-refractivity contribution in [2.75, 3.05) is 47.5 Å². The van der Waals surface area contributed by atoms with Crippen LogP contribution in [0.1, 0.15) is 117 Å². The summed E-state index contributed by atoms with van der Waals surface area (Å²) in [7, 11) is 1.41. The maximum atomic E-state index is 12.4. The van der Waals surface area contributed by atoms with Crippen molar-refractivity contribution in [1.29, 1.82) is 0 Å². The molecule has 0 heterocycles. The number of carbonyl (C=O) groups excluding carboxylic acids is 2. The highest BCUT2D eigenvalue weighted by Crippen LogP contribution is 2.43. The van der Waals surface area contributed by atoms with Crippen LogP contribution in [0.5, 0.6) is 0 Å². The van der Waals surface area contributed by atoms with Gasteiger partial charge >= 0.3 is 19.8 Å². The van der Waals surface area contributed by atoms with Crippen LogP contribution in [-0.2, 0) is 32.7 Å². The second kappa shape index (κ2) is 25.9. The van der Waals surface area contributed by atoms with Crippen molar-refractivity contribution < 1.29 is 42.1 Å². The molecular weight excluding hydrogens is 557 g/mol. The van der Waals surface area contributed by atoms with Crippen LogP contribution in [0, 0.1) is 0 Å². The number of esters is 2. The molecule has 0 radical (unpaired) electrons. The molecule has 0 aromatic carbocycles. The van der Waals surface area contributed by atoms with Gasteiger partial charge in [0.1, 0.15) is 19.8 Å². The Balaban J connectivity index is 4.69. The maximum absolute atomic E-state index is 12.4. The van der Waals surface area contributed by atoms with E-state index in [1.165, 1.54) is 76.4 Å². The summed E-state index contributed by atoms with van der Waals surface area (Å²) >= 11 is 0. The number of likely N-dealkylation sites (N-methyl/N-ethyl adjacent to an activating group) is 1. The number of nitrogens with zero attached hydrogens (tertiary/aromatic N) is 1. The molecule has 246 valence electrons. The lowest BCUT2D eigenvalue weighted by atomic mass is 10.1. The lowest BCUT2D eigenvalue weighted by Crippen LogP contribution is -2.37. The van der Waals surface area contributed by atoms with Crippen molar-refractivity contribution in [2.45, 2.75) is 123 Å². The second-order valence-electron chi connectivity index (χ2n) is 11.9. The van der Waals surface area contributed by atoms with E-state index in [-0.39, 0.29) is 13.2 Å². The van der Waals surface area contributed by atoms with Gasteiger partial charge in [0.05, 0.1) is 27.7 Å². The Bertz CT molecular complexity index is 794. The fourth-order valence-electron chi connectivity index (χ4n) is 3.99. The first-order valence-electron chi connectivity index (χ1n) is 16.1. The summed E-state index contributed by atoms with van der Waals surface area (Å²) in [6.45, 7) is 4.15. The van der Waals surface area contributed by atoms with Gasteiger partial charge in [0.15, 0.2) is 6.10 Å². The number of carbonyl (C=O) groups is 2. The largest absolute Gasteiger partial charge is 0.472 e. The van der Waals surface area contributed by atoms with Crippen LogP contribution in [0.15, 0.2) is 24.3 Å².